The van der Waals surface area contributed by atoms with Gasteiger partial charge >= 0.3 is 5.82 Å². The molecule has 0 aliphatic heterocycles. The molecule has 7 nitrogen and oxygen atoms in total. The summed E-state index contributed by atoms with van der Waals surface area (Å²) in [6.07, 6.45) is 0.270. The van der Waals surface area contributed by atoms with E-state index in [0.29, 0.717) is 24.7 Å². The quantitative estimate of drug-likeness (QED) is 0.611. The fourth-order valence-corrected chi connectivity index (χ4v) is 1.42. The fourth-order valence-electron chi connectivity index (χ4n) is 1.42. The third kappa shape index (κ3) is 4.15. The number of nitrogens with zero attached hydrogens (tertiary/aromatic N) is 3. The molecule has 1 aromatic rings. The first-order chi connectivity index (χ1) is 8.40. The molecule has 0 saturated heterocycles. The maximum absolute atomic E-state index is 11.5. The number of nitro groups is 1. The Balaban J connectivity index is 2.48. The van der Waals surface area contributed by atoms with Crippen LogP contribution < -0.4 is 5.32 Å². The van der Waals surface area contributed by atoms with Crippen molar-refractivity contribution >= 4 is 11.7 Å². The third-order valence-electron chi connectivity index (χ3n) is 2.41. The molecule has 0 radical (unpaired) electrons. The van der Waals surface area contributed by atoms with Gasteiger partial charge in [0.05, 0.1) is 23.4 Å². The first kappa shape index (κ1) is 14.1. The molecule has 0 aliphatic rings. The molecule has 18 heavy (non-hydrogen) atoms. The molecule has 1 aromatic heterocycles. The number of aromatic nitrogens is 2. The van der Waals surface area contributed by atoms with E-state index in [2.05, 4.69) is 10.4 Å². The van der Waals surface area contributed by atoms with E-state index >= 15 is 0 Å². The summed E-state index contributed by atoms with van der Waals surface area (Å²) in [6, 6.07) is 1.39. The number of carbonyl (C=O) groups excluding carboxylic acids is 1. The predicted molar refractivity (Wildman–Crippen MR) is 66.1 cm³/mol. The van der Waals surface area contributed by atoms with Crippen molar-refractivity contribution in [3.63, 3.8) is 0 Å². The number of rotatable bonds is 6. The van der Waals surface area contributed by atoms with Gasteiger partial charge in [0, 0.05) is 13.0 Å². The van der Waals surface area contributed by atoms with Crippen LogP contribution in [0.4, 0.5) is 5.82 Å². The smallest absolute Gasteiger partial charge is 0.358 e. The second-order valence-corrected chi connectivity index (χ2v) is 4.57. The van der Waals surface area contributed by atoms with Crippen LogP contribution in [0.25, 0.3) is 0 Å². The summed E-state index contributed by atoms with van der Waals surface area (Å²) in [5.74, 6) is 0.151. The largest absolute Gasteiger partial charge is 0.390 e. The maximum Gasteiger partial charge on any atom is 0.390 e. The molecule has 0 aromatic carbocycles. The fraction of sp³-hybridized carbons (Fsp3) is 0.636. The average molecular weight is 254 g/mol. The van der Waals surface area contributed by atoms with Crippen molar-refractivity contribution in [2.45, 2.75) is 33.7 Å². The minimum Gasteiger partial charge on any atom is -0.358 e. The molecular formula is C11H18N4O3. The molecule has 0 fully saturated rings. The molecule has 1 amide bonds. The minimum atomic E-state index is -0.539. The Kier molecular flexibility index (Phi) is 4.82. The van der Waals surface area contributed by atoms with Gasteiger partial charge in [-0.3, -0.25) is 4.79 Å². The highest BCUT2D eigenvalue weighted by Gasteiger charge is 2.15. The number of nitrogens with one attached hydrogen (secondary N) is 1. The summed E-state index contributed by atoms with van der Waals surface area (Å²) in [5.41, 5.74) is 0.679. The van der Waals surface area contributed by atoms with Crippen molar-refractivity contribution in [1.29, 1.82) is 0 Å². The lowest BCUT2D eigenvalue weighted by Gasteiger charge is -2.06. The van der Waals surface area contributed by atoms with Crippen LogP contribution in [-0.2, 0) is 11.3 Å². The lowest BCUT2D eigenvalue weighted by atomic mass is 10.2. The summed E-state index contributed by atoms with van der Waals surface area (Å²) in [6.45, 7) is 6.75. The first-order valence-corrected chi connectivity index (χ1v) is 5.85. The van der Waals surface area contributed by atoms with Crippen molar-refractivity contribution < 1.29 is 9.72 Å². The van der Waals surface area contributed by atoms with E-state index < -0.39 is 4.92 Å². The minimum absolute atomic E-state index is 0.0683. The van der Waals surface area contributed by atoms with Crippen LogP contribution in [0, 0.1) is 23.0 Å². The lowest BCUT2D eigenvalue weighted by Crippen LogP contribution is -2.28. The summed E-state index contributed by atoms with van der Waals surface area (Å²) >= 11 is 0. The van der Waals surface area contributed by atoms with Gasteiger partial charge in [0.15, 0.2) is 0 Å². The molecule has 0 unspecified atom stereocenters. The summed E-state index contributed by atoms with van der Waals surface area (Å²) in [5, 5.41) is 17.1. The van der Waals surface area contributed by atoms with E-state index in [9.17, 15) is 14.9 Å². The van der Waals surface area contributed by atoms with Gasteiger partial charge in [-0.1, -0.05) is 13.8 Å². The topological polar surface area (TPSA) is 90.1 Å². The molecule has 0 saturated carbocycles. The van der Waals surface area contributed by atoms with Gasteiger partial charge in [-0.2, -0.15) is 4.68 Å². The van der Waals surface area contributed by atoms with E-state index in [4.69, 9.17) is 0 Å². The summed E-state index contributed by atoms with van der Waals surface area (Å²) < 4.78 is 1.48. The Labute approximate surface area is 105 Å². The highest BCUT2D eigenvalue weighted by atomic mass is 16.6. The standard InChI is InChI=1S/C11H18N4O3/c1-8(2)7-12-11(16)4-5-14-9(3)6-10(13-14)15(17)18/h6,8H,4-5,7H2,1-3H3,(H,12,16). The summed E-state index contributed by atoms with van der Waals surface area (Å²) in [4.78, 5) is 21.5. The van der Waals surface area contributed by atoms with Crippen LogP contribution in [0.5, 0.6) is 0 Å². The number of aryl methyl sites for hydroxylation is 2. The molecule has 1 rings (SSSR count). The van der Waals surface area contributed by atoms with Crippen LogP contribution in [0.2, 0.25) is 0 Å². The Bertz CT molecular complexity index is 439. The second-order valence-electron chi connectivity index (χ2n) is 4.57. The van der Waals surface area contributed by atoms with Crippen molar-refractivity contribution in [1.82, 2.24) is 15.1 Å². The molecular weight excluding hydrogens is 236 g/mol. The van der Waals surface area contributed by atoms with Crippen LogP contribution >= 0.6 is 0 Å². The Morgan fingerprint density at radius 2 is 2.28 bits per heavy atom. The predicted octanol–water partition coefficient (Wildman–Crippen LogP) is 1.26. The molecule has 100 valence electrons. The van der Waals surface area contributed by atoms with Crippen LogP contribution in [-0.4, -0.2) is 27.2 Å². The number of carbonyl (C=O) groups is 1. The Morgan fingerprint density at radius 1 is 1.61 bits per heavy atom. The normalized spacial score (nSPS) is 10.7. The zero-order chi connectivity index (χ0) is 13.7. The van der Waals surface area contributed by atoms with Crippen molar-refractivity contribution in [3.05, 3.63) is 21.9 Å². The number of hydrogen-bond acceptors (Lipinski definition) is 4. The van der Waals surface area contributed by atoms with Gasteiger partial charge in [-0.15, -0.1) is 0 Å². The molecule has 1 heterocycles. The highest BCUT2D eigenvalue weighted by molar-refractivity contribution is 5.75. The zero-order valence-electron chi connectivity index (χ0n) is 10.8. The number of hydrogen-bond donors (Lipinski definition) is 1. The second kappa shape index (κ2) is 6.13. The zero-order valence-corrected chi connectivity index (χ0v) is 10.8. The van der Waals surface area contributed by atoms with Gasteiger partial charge in [0.25, 0.3) is 0 Å². The van der Waals surface area contributed by atoms with Crippen molar-refractivity contribution in [2.24, 2.45) is 5.92 Å². The van der Waals surface area contributed by atoms with E-state index in [0.717, 1.165) is 0 Å². The van der Waals surface area contributed by atoms with Crippen molar-refractivity contribution in [3.8, 4) is 0 Å². The van der Waals surface area contributed by atoms with Crippen LogP contribution in [0.3, 0.4) is 0 Å². The molecule has 0 atom stereocenters. The molecule has 0 spiro atoms. The van der Waals surface area contributed by atoms with E-state index in [1.54, 1.807) is 6.92 Å². The van der Waals surface area contributed by atoms with Gasteiger partial charge in [0.2, 0.25) is 5.91 Å². The number of amides is 1. The average Bonchev–Trinajstić information content (AvgIpc) is 2.65. The van der Waals surface area contributed by atoms with E-state index in [1.165, 1.54) is 10.7 Å². The Hall–Kier alpha value is -1.92. The molecule has 0 bridgehead atoms. The third-order valence-corrected chi connectivity index (χ3v) is 2.41. The van der Waals surface area contributed by atoms with Crippen LogP contribution in [0.15, 0.2) is 6.07 Å². The molecule has 0 aliphatic carbocycles. The van der Waals surface area contributed by atoms with Crippen LogP contribution in [0.1, 0.15) is 26.0 Å². The van der Waals surface area contributed by atoms with Gasteiger partial charge in [-0.05, 0) is 17.8 Å². The van der Waals surface area contributed by atoms with Gasteiger partial charge in [-0.25, -0.2) is 0 Å². The highest BCUT2D eigenvalue weighted by Crippen LogP contribution is 2.11. The van der Waals surface area contributed by atoms with E-state index in [-0.39, 0.29) is 18.1 Å². The van der Waals surface area contributed by atoms with Gasteiger partial charge < -0.3 is 15.4 Å². The summed E-state index contributed by atoms with van der Waals surface area (Å²) in [7, 11) is 0. The molecule has 7 heteroatoms. The maximum atomic E-state index is 11.5. The van der Waals surface area contributed by atoms with E-state index in [1.807, 2.05) is 13.8 Å². The lowest BCUT2D eigenvalue weighted by molar-refractivity contribution is -0.389. The SMILES string of the molecule is Cc1cc([N+](=O)[O-])nn1CCC(=O)NCC(C)C. The monoisotopic (exact) mass is 254 g/mol. The van der Waals surface area contributed by atoms with Crippen molar-refractivity contribution in [2.75, 3.05) is 6.54 Å². The molecule has 1 N–H and O–H groups in total. The first-order valence-electron chi connectivity index (χ1n) is 5.85. The Morgan fingerprint density at radius 3 is 2.78 bits per heavy atom. The van der Waals surface area contributed by atoms with Gasteiger partial charge in [0.1, 0.15) is 0 Å².